The maximum atomic E-state index is 11.9. The van der Waals surface area contributed by atoms with Crippen LogP contribution in [0, 0.1) is 0 Å². The lowest BCUT2D eigenvalue weighted by atomic mass is 10.1. The van der Waals surface area contributed by atoms with Crippen molar-refractivity contribution < 1.29 is 9.53 Å². The van der Waals surface area contributed by atoms with Gasteiger partial charge in [0.1, 0.15) is 6.10 Å². The van der Waals surface area contributed by atoms with Gasteiger partial charge in [-0.1, -0.05) is 19.1 Å². The first kappa shape index (κ1) is 14.8. The van der Waals surface area contributed by atoms with Crippen molar-refractivity contribution in [2.75, 3.05) is 13.1 Å². The molecule has 5 heteroatoms. The zero-order valence-electron chi connectivity index (χ0n) is 12.9. The molecule has 1 saturated heterocycles. The van der Waals surface area contributed by atoms with Crippen molar-refractivity contribution in [1.82, 2.24) is 14.9 Å². The smallest absolute Gasteiger partial charge is 0.233 e. The van der Waals surface area contributed by atoms with E-state index < -0.39 is 0 Å². The molecule has 2 aromatic rings. The number of piperidine rings is 1. The van der Waals surface area contributed by atoms with Gasteiger partial charge in [-0.15, -0.1) is 0 Å². The second-order valence-corrected chi connectivity index (χ2v) is 5.64. The maximum Gasteiger partial charge on any atom is 0.233 e. The van der Waals surface area contributed by atoms with Crippen LogP contribution in [-0.2, 0) is 4.79 Å². The lowest BCUT2D eigenvalue weighted by Crippen LogP contribution is -2.41. The highest BCUT2D eigenvalue weighted by Crippen LogP contribution is 2.19. The summed E-state index contributed by atoms with van der Waals surface area (Å²) < 4.78 is 5.94. The summed E-state index contributed by atoms with van der Waals surface area (Å²) in [5, 5.41) is 0. The highest BCUT2D eigenvalue weighted by molar-refractivity contribution is 5.76. The first-order valence-corrected chi connectivity index (χ1v) is 7.92. The number of benzene rings is 1. The van der Waals surface area contributed by atoms with E-state index in [1.54, 1.807) is 6.20 Å². The van der Waals surface area contributed by atoms with Crippen LogP contribution in [0.5, 0.6) is 5.88 Å². The normalized spacial score (nSPS) is 16.0. The summed E-state index contributed by atoms with van der Waals surface area (Å²) in [6, 6.07) is 7.75. The van der Waals surface area contributed by atoms with E-state index in [-0.39, 0.29) is 12.0 Å². The van der Waals surface area contributed by atoms with Crippen molar-refractivity contribution in [1.29, 1.82) is 0 Å². The van der Waals surface area contributed by atoms with E-state index >= 15 is 0 Å². The molecule has 0 unspecified atom stereocenters. The van der Waals surface area contributed by atoms with E-state index in [0.29, 0.717) is 12.3 Å². The highest BCUT2D eigenvalue weighted by Gasteiger charge is 2.23. The van der Waals surface area contributed by atoms with Crippen molar-refractivity contribution in [3.8, 4) is 5.88 Å². The van der Waals surface area contributed by atoms with E-state index in [1.807, 2.05) is 36.1 Å². The third kappa shape index (κ3) is 3.35. The monoisotopic (exact) mass is 299 g/mol. The highest BCUT2D eigenvalue weighted by atomic mass is 16.5. The number of hydrogen-bond donors (Lipinski definition) is 0. The minimum Gasteiger partial charge on any atom is -0.473 e. The van der Waals surface area contributed by atoms with E-state index in [4.69, 9.17) is 4.74 Å². The molecule has 0 N–H and O–H groups in total. The van der Waals surface area contributed by atoms with Gasteiger partial charge in [-0.2, -0.15) is 0 Å². The SMILES string of the molecule is CCCC(=O)N1CCC(Oc2cnc3ccccc3n2)CC1. The maximum absolute atomic E-state index is 11.9. The lowest BCUT2D eigenvalue weighted by Gasteiger charge is -2.31. The molecule has 1 aliphatic heterocycles. The number of para-hydroxylation sites is 2. The summed E-state index contributed by atoms with van der Waals surface area (Å²) in [5.74, 6) is 0.823. The van der Waals surface area contributed by atoms with Crippen LogP contribution >= 0.6 is 0 Å². The molecule has 0 atom stereocenters. The summed E-state index contributed by atoms with van der Waals surface area (Å²) in [4.78, 5) is 22.7. The van der Waals surface area contributed by atoms with E-state index in [9.17, 15) is 4.79 Å². The van der Waals surface area contributed by atoms with Gasteiger partial charge in [0.2, 0.25) is 11.8 Å². The predicted octanol–water partition coefficient (Wildman–Crippen LogP) is 2.80. The molecule has 1 fully saturated rings. The molecule has 22 heavy (non-hydrogen) atoms. The minimum atomic E-state index is 0.112. The molecule has 1 aromatic carbocycles. The fraction of sp³-hybridized carbons (Fsp3) is 0.471. The van der Waals surface area contributed by atoms with E-state index in [2.05, 4.69) is 9.97 Å². The molecule has 0 aliphatic carbocycles. The zero-order valence-corrected chi connectivity index (χ0v) is 12.9. The number of ether oxygens (including phenoxy) is 1. The fourth-order valence-electron chi connectivity index (χ4n) is 2.76. The van der Waals surface area contributed by atoms with Gasteiger partial charge >= 0.3 is 0 Å². The number of carbonyl (C=O) groups is 1. The number of rotatable bonds is 4. The van der Waals surface area contributed by atoms with Crippen LogP contribution in [0.1, 0.15) is 32.6 Å². The molecular weight excluding hydrogens is 278 g/mol. The third-order valence-electron chi connectivity index (χ3n) is 3.97. The second-order valence-electron chi connectivity index (χ2n) is 5.64. The van der Waals surface area contributed by atoms with E-state index in [1.165, 1.54) is 0 Å². The Bertz CT molecular complexity index is 651. The van der Waals surface area contributed by atoms with Crippen molar-refractivity contribution in [2.24, 2.45) is 0 Å². The van der Waals surface area contributed by atoms with Crippen molar-refractivity contribution in [3.63, 3.8) is 0 Å². The van der Waals surface area contributed by atoms with Gasteiger partial charge in [-0.3, -0.25) is 4.79 Å². The first-order chi connectivity index (χ1) is 10.8. The Kier molecular flexibility index (Phi) is 4.51. The molecule has 116 valence electrons. The van der Waals surface area contributed by atoms with Gasteiger partial charge in [0, 0.05) is 32.4 Å². The van der Waals surface area contributed by atoms with Gasteiger partial charge in [-0.05, 0) is 18.6 Å². The standard InChI is InChI=1S/C17H21N3O2/c1-2-5-17(21)20-10-8-13(9-11-20)22-16-12-18-14-6-3-4-7-15(14)19-16/h3-4,6-7,12-13H,2,5,8-11H2,1H3. The lowest BCUT2D eigenvalue weighted by molar-refractivity contribution is -0.133. The van der Waals surface area contributed by atoms with Crippen molar-refractivity contribution >= 4 is 16.9 Å². The Morgan fingerprint density at radius 2 is 2.00 bits per heavy atom. The number of hydrogen-bond acceptors (Lipinski definition) is 4. The minimum absolute atomic E-state index is 0.112. The Morgan fingerprint density at radius 1 is 1.27 bits per heavy atom. The first-order valence-electron chi connectivity index (χ1n) is 7.92. The van der Waals surface area contributed by atoms with Gasteiger partial charge < -0.3 is 9.64 Å². The molecule has 0 spiro atoms. The molecule has 1 aromatic heterocycles. The topological polar surface area (TPSA) is 55.3 Å². The van der Waals surface area contributed by atoms with E-state index in [0.717, 1.165) is 43.4 Å². The number of nitrogens with zero attached hydrogens (tertiary/aromatic N) is 3. The molecule has 0 radical (unpaired) electrons. The molecule has 0 bridgehead atoms. The molecule has 0 saturated carbocycles. The number of fused-ring (bicyclic) bond motifs is 1. The van der Waals surface area contributed by atoms with Crippen LogP contribution in [0.25, 0.3) is 11.0 Å². The number of likely N-dealkylation sites (tertiary alicyclic amines) is 1. The number of aromatic nitrogens is 2. The predicted molar refractivity (Wildman–Crippen MR) is 84.7 cm³/mol. The van der Waals surface area contributed by atoms with Gasteiger partial charge in [0.25, 0.3) is 0 Å². The van der Waals surface area contributed by atoms with Crippen LogP contribution in [0.4, 0.5) is 0 Å². The summed E-state index contributed by atoms with van der Waals surface area (Å²) in [6.07, 6.45) is 5.04. The summed E-state index contributed by atoms with van der Waals surface area (Å²) in [7, 11) is 0. The quantitative estimate of drug-likeness (QED) is 0.871. The van der Waals surface area contributed by atoms with Crippen LogP contribution in [0.2, 0.25) is 0 Å². The molecule has 1 amide bonds. The number of carbonyl (C=O) groups excluding carboxylic acids is 1. The van der Waals surface area contributed by atoms with Crippen molar-refractivity contribution in [3.05, 3.63) is 30.5 Å². The van der Waals surface area contributed by atoms with Crippen molar-refractivity contribution in [2.45, 2.75) is 38.7 Å². The van der Waals surface area contributed by atoms with Gasteiger partial charge in [-0.25, -0.2) is 9.97 Å². The molecule has 5 nitrogen and oxygen atoms in total. The summed E-state index contributed by atoms with van der Waals surface area (Å²) >= 11 is 0. The van der Waals surface area contributed by atoms with Crippen LogP contribution in [0.15, 0.2) is 30.5 Å². The summed E-state index contributed by atoms with van der Waals surface area (Å²) in [6.45, 7) is 3.57. The summed E-state index contributed by atoms with van der Waals surface area (Å²) in [5.41, 5.74) is 1.71. The Balaban J connectivity index is 1.58. The van der Waals surface area contributed by atoms with Gasteiger partial charge in [0.15, 0.2) is 0 Å². The van der Waals surface area contributed by atoms with Crippen LogP contribution < -0.4 is 4.74 Å². The molecule has 3 rings (SSSR count). The fourth-order valence-corrected chi connectivity index (χ4v) is 2.76. The zero-order chi connectivity index (χ0) is 15.4. The molecule has 1 aliphatic rings. The molecular formula is C17H21N3O2. The van der Waals surface area contributed by atoms with Crippen LogP contribution in [0.3, 0.4) is 0 Å². The second kappa shape index (κ2) is 6.73. The van der Waals surface area contributed by atoms with Gasteiger partial charge in [0.05, 0.1) is 17.2 Å². The Morgan fingerprint density at radius 3 is 2.73 bits per heavy atom. The van der Waals surface area contributed by atoms with Crippen LogP contribution in [-0.4, -0.2) is 40.0 Å². The third-order valence-corrected chi connectivity index (χ3v) is 3.97. The molecule has 2 heterocycles. The average molecular weight is 299 g/mol. The number of amides is 1. The average Bonchev–Trinajstić information content (AvgIpc) is 2.56. The largest absolute Gasteiger partial charge is 0.473 e. The Labute approximate surface area is 130 Å². The Hall–Kier alpha value is -2.17.